The van der Waals surface area contributed by atoms with Crippen LogP contribution in [0.4, 0.5) is 25.2 Å². The van der Waals surface area contributed by atoms with Crippen LogP contribution < -0.4 is 0 Å². The van der Waals surface area contributed by atoms with Crippen LogP contribution in [0.25, 0.3) is 44.3 Å². The molecule has 0 radical (unpaired) electrons. The Morgan fingerprint density at radius 1 is 0.460 bits per heavy atom. The number of rotatable bonds is 2. The molecule has 7 aromatic rings. The molecule has 0 spiro atoms. The Balaban J connectivity index is 0.000000184. The number of pyridine rings is 4. The van der Waals surface area contributed by atoms with Crippen molar-refractivity contribution in [3.05, 3.63) is 156 Å². The van der Waals surface area contributed by atoms with Gasteiger partial charge in [0.1, 0.15) is 0 Å². The smallest absolute Gasteiger partial charge is 0.254 e. The van der Waals surface area contributed by atoms with Gasteiger partial charge in [-0.15, -0.1) is 70.8 Å². The van der Waals surface area contributed by atoms with Crippen LogP contribution in [-0.2, 0) is 20.1 Å². The molecule has 0 aliphatic heterocycles. The quantitative estimate of drug-likeness (QED) is 0.0751. The molecule has 0 aliphatic rings. The van der Waals surface area contributed by atoms with Crippen LogP contribution >= 0.6 is 7.81 Å². The van der Waals surface area contributed by atoms with Crippen molar-refractivity contribution in [3.8, 4) is 22.5 Å². The van der Waals surface area contributed by atoms with E-state index in [2.05, 4.69) is 120 Å². The average molecular weight is 882 g/mol. The van der Waals surface area contributed by atoms with Crippen molar-refractivity contribution in [2.24, 2.45) is 0 Å². The number of aryl methyl sites for hydroxylation is 4. The van der Waals surface area contributed by atoms with Gasteiger partial charge in [0.05, 0.1) is 11.0 Å². The molecule has 0 aliphatic carbocycles. The number of nitrogens with zero attached hydrogens (tertiary/aromatic N) is 4. The van der Waals surface area contributed by atoms with Gasteiger partial charge < -0.3 is 9.97 Å². The Kier molecular flexibility index (Phi) is 12.7. The first kappa shape index (κ1) is 39.9. The van der Waals surface area contributed by atoms with Crippen LogP contribution in [-0.4, -0.2) is 19.9 Å². The normalized spacial score (nSPS) is 12.0. The molecule has 0 bridgehead atoms. The van der Waals surface area contributed by atoms with E-state index < -0.39 is 7.81 Å². The van der Waals surface area contributed by atoms with Crippen LogP contribution in [0.1, 0.15) is 22.3 Å². The monoisotopic (exact) mass is 882 g/mol. The molecule has 0 amide bonds. The third-order valence-corrected chi connectivity index (χ3v) is 6.66. The van der Waals surface area contributed by atoms with E-state index in [0.29, 0.717) is 0 Å². The van der Waals surface area contributed by atoms with Gasteiger partial charge in [0.25, 0.3) is 0 Å². The molecule has 0 saturated heterocycles. The molecule has 12 heteroatoms. The van der Waals surface area contributed by atoms with Crippen LogP contribution in [0.5, 0.6) is 0 Å². The third kappa shape index (κ3) is 14.1. The second-order valence-corrected chi connectivity index (χ2v) is 13.1. The van der Waals surface area contributed by atoms with Gasteiger partial charge in [-0.3, -0.25) is 9.97 Å². The van der Waals surface area contributed by atoms with Gasteiger partial charge in [-0.05, 0) is 49.5 Å². The van der Waals surface area contributed by atoms with Crippen LogP contribution in [0.15, 0.2) is 122 Å². The Hall–Kier alpha value is -4.56. The molecule has 0 N–H and O–H groups in total. The fraction of sp³-hybridized carbons (Fsp3) is 0.105. The Bertz CT molecular complexity index is 2010. The van der Waals surface area contributed by atoms with Gasteiger partial charge in [0.15, 0.2) is 0 Å². The summed E-state index contributed by atoms with van der Waals surface area (Å²) in [4.78, 5) is 17.3. The predicted octanol–water partition coefficient (Wildman–Crippen LogP) is 12.5. The summed E-state index contributed by atoms with van der Waals surface area (Å²) in [7, 11) is -10.7. The van der Waals surface area contributed by atoms with E-state index in [1.165, 1.54) is 22.3 Å². The van der Waals surface area contributed by atoms with Crippen molar-refractivity contribution in [1.29, 1.82) is 0 Å². The van der Waals surface area contributed by atoms with Crippen LogP contribution in [0.3, 0.4) is 0 Å². The fourth-order valence-electron chi connectivity index (χ4n) is 4.37. The number of aromatic nitrogens is 4. The second-order valence-electron chi connectivity index (χ2n) is 11.2. The van der Waals surface area contributed by atoms with E-state index in [0.717, 1.165) is 44.3 Å². The van der Waals surface area contributed by atoms with Gasteiger partial charge in [-0.1, -0.05) is 61.4 Å². The van der Waals surface area contributed by atoms with Crippen LogP contribution in [0, 0.1) is 39.8 Å². The first-order chi connectivity index (χ1) is 22.9. The van der Waals surface area contributed by atoms with Crippen molar-refractivity contribution in [3.63, 3.8) is 0 Å². The standard InChI is InChI=1S/2C13H12N.C12H8N2.F6P.Ir/c2*1-10-3-5-12(6-4-10)13-9-11(2)7-8-14-13;1-3-9-5-6-10-4-2-8-14-12(10)11(9)13-7-1;1-7(2,3,4,5)6;/h2*3-5,7-9H,1-2H3;1-8H;;/q2*-1;;-1;+3. The first-order valence-corrected chi connectivity index (χ1v) is 16.9. The third-order valence-electron chi connectivity index (χ3n) is 6.66. The van der Waals surface area contributed by atoms with E-state index in [4.69, 9.17) is 0 Å². The van der Waals surface area contributed by atoms with Crippen molar-refractivity contribution in [1.82, 2.24) is 19.9 Å². The summed E-state index contributed by atoms with van der Waals surface area (Å²) in [6.07, 6.45) is 7.27. The minimum atomic E-state index is -10.7. The molecule has 0 atom stereocenters. The molecule has 7 rings (SSSR count). The number of hydrogen-bond donors (Lipinski definition) is 0. The van der Waals surface area contributed by atoms with E-state index in [9.17, 15) is 25.2 Å². The fourth-order valence-corrected chi connectivity index (χ4v) is 4.37. The summed E-state index contributed by atoms with van der Waals surface area (Å²) in [5.41, 5.74) is 10.9. The average Bonchev–Trinajstić information content (AvgIpc) is 3.05. The summed E-state index contributed by atoms with van der Waals surface area (Å²) in [6.45, 7) is 8.26. The van der Waals surface area contributed by atoms with E-state index in [1.807, 2.05) is 48.8 Å². The van der Waals surface area contributed by atoms with E-state index in [1.54, 1.807) is 12.4 Å². The van der Waals surface area contributed by atoms with Crippen molar-refractivity contribution < 1.29 is 45.3 Å². The maximum atomic E-state index is 9.87. The van der Waals surface area contributed by atoms with Crippen molar-refractivity contribution in [2.45, 2.75) is 27.7 Å². The minimum absolute atomic E-state index is 0. The summed E-state index contributed by atoms with van der Waals surface area (Å²) >= 11 is 0. The molecule has 50 heavy (non-hydrogen) atoms. The molecule has 4 heterocycles. The van der Waals surface area contributed by atoms with Gasteiger partial charge >= 0.3 is 53.1 Å². The molecular weight excluding hydrogens is 850 g/mol. The predicted molar refractivity (Wildman–Crippen MR) is 187 cm³/mol. The number of hydrogen-bond acceptors (Lipinski definition) is 4. The van der Waals surface area contributed by atoms with Gasteiger partial charge in [-0.2, -0.15) is 0 Å². The largest absolute Gasteiger partial charge is 3.00 e. The number of benzene rings is 3. The molecule has 3 aromatic carbocycles. The first-order valence-electron chi connectivity index (χ1n) is 14.9. The van der Waals surface area contributed by atoms with Crippen molar-refractivity contribution in [2.75, 3.05) is 0 Å². The van der Waals surface area contributed by atoms with E-state index in [-0.39, 0.29) is 20.1 Å². The Labute approximate surface area is 300 Å². The zero-order chi connectivity index (χ0) is 35.7. The van der Waals surface area contributed by atoms with E-state index >= 15 is 0 Å². The molecule has 0 unspecified atom stereocenters. The zero-order valence-corrected chi connectivity index (χ0v) is 30.7. The molecular formula is C38H32F6IrN4P. The Morgan fingerprint density at radius 3 is 1.16 bits per heavy atom. The van der Waals surface area contributed by atoms with Crippen molar-refractivity contribution >= 4 is 29.6 Å². The zero-order valence-electron chi connectivity index (χ0n) is 27.4. The molecule has 4 nitrogen and oxygen atoms in total. The number of halogens is 6. The maximum absolute atomic E-state index is 10.7. The summed E-state index contributed by atoms with van der Waals surface area (Å²) < 4.78 is 59.2. The summed E-state index contributed by atoms with van der Waals surface area (Å²) in [5, 5.41) is 2.28. The minimum Gasteiger partial charge on any atom is -0.254 e. The molecule has 4 aromatic heterocycles. The topological polar surface area (TPSA) is 51.6 Å². The second kappa shape index (κ2) is 16.0. The molecule has 0 fully saturated rings. The molecule has 260 valence electrons. The van der Waals surface area contributed by atoms with Crippen LogP contribution in [0.2, 0.25) is 0 Å². The molecule has 0 saturated carbocycles. The summed E-state index contributed by atoms with van der Waals surface area (Å²) in [6, 6.07) is 38.9. The summed E-state index contributed by atoms with van der Waals surface area (Å²) in [5.74, 6) is 0. The Morgan fingerprint density at radius 2 is 0.840 bits per heavy atom. The number of fused-ring (bicyclic) bond motifs is 3. The van der Waals surface area contributed by atoms with Gasteiger partial charge in [-0.25, -0.2) is 0 Å². The van der Waals surface area contributed by atoms with Gasteiger partial charge in [0, 0.05) is 35.6 Å². The maximum Gasteiger partial charge on any atom is 3.00 e. The van der Waals surface area contributed by atoms with Gasteiger partial charge in [0.2, 0.25) is 0 Å². The SMILES string of the molecule is Cc1c[c-]c(-c2cc(C)ccn2)cc1.Cc1c[c-]c(-c2cc(C)ccn2)cc1.F[P-](F)(F)(F)(F)F.[Ir+3].c1cnc2c(c1)ccc1cccnc12.